The molecule has 3 heterocycles. The number of fused-ring (bicyclic) bond motifs is 3. The lowest BCUT2D eigenvalue weighted by molar-refractivity contribution is 0.462. The van der Waals surface area contributed by atoms with E-state index in [0.717, 1.165) is 13.1 Å². The summed E-state index contributed by atoms with van der Waals surface area (Å²) in [5.74, 6) is 0.655. The average Bonchev–Trinajstić information content (AvgIpc) is 2.86. The predicted octanol–water partition coefficient (Wildman–Crippen LogP) is 3.18. The zero-order chi connectivity index (χ0) is 12.7. The van der Waals surface area contributed by atoms with Crippen molar-refractivity contribution in [2.45, 2.75) is 18.8 Å². The molecule has 1 aliphatic rings. The van der Waals surface area contributed by atoms with Gasteiger partial charge in [0.2, 0.25) is 0 Å². The summed E-state index contributed by atoms with van der Waals surface area (Å²) in [6, 6.07) is 8.87. The molecule has 3 nitrogen and oxygen atoms in total. The second-order valence-electron chi connectivity index (χ2n) is 5.39. The Balaban J connectivity index is 1.84. The van der Waals surface area contributed by atoms with Crippen LogP contribution in [0.4, 0.5) is 0 Å². The van der Waals surface area contributed by atoms with E-state index < -0.39 is 0 Å². The van der Waals surface area contributed by atoms with Gasteiger partial charge in [-0.3, -0.25) is 4.98 Å². The Morgan fingerprint density at radius 2 is 2.11 bits per heavy atom. The maximum absolute atomic E-state index is 4.22. The van der Waals surface area contributed by atoms with Crippen molar-refractivity contribution in [2.75, 3.05) is 13.1 Å². The normalized spacial score (nSPS) is 20.1. The van der Waals surface area contributed by atoms with E-state index in [-0.39, 0.29) is 0 Å². The van der Waals surface area contributed by atoms with Crippen LogP contribution in [0, 0.1) is 0 Å². The summed E-state index contributed by atoms with van der Waals surface area (Å²) in [7, 11) is 0. The molecule has 4 rings (SSSR count). The van der Waals surface area contributed by atoms with Crippen LogP contribution >= 0.6 is 0 Å². The lowest BCUT2D eigenvalue weighted by Gasteiger charge is -2.23. The molecular weight excluding hydrogens is 234 g/mol. The van der Waals surface area contributed by atoms with Crippen molar-refractivity contribution < 1.29 is 0 Å². The van der Waals surface area contributed by atoms with Gasteiger partial charge in [-0.1, -0.05) is 12.1 Å². The van der Waals surface area contributed by atoms with Gasteiger partial charge in [0.1, 0.15) is 0 Å². The molecule has 96 valence electrons. The van der Waals surface area contributed by atoms with Gasteiger partial charge in [-0.25, -0.2) is 0 Å². The monoisotopic (exact) mass is 251 g/mol. The first-order chi connectivity index (χ1) is 9.42. The molecule has 1 atom stereocenters. The number of rotatable bonds is 1. The number of benzene rings is 1. The van der Waals surface area contributed by atoms with E-state index in [4.69, 9.17) is 0 Å². The molecule has 0 amide bonds. The first-order valence-corrected chi connectivity index (χ1v) is 6.98. The number of aromatic amines is 1. The molecule has 1 aliphatic heterocycles. The maximum atomic E-state index is 4.22. The third-order valence-electron chi connectivity index (χ3n) is 4.19. The summed E-state index contributed by atoms with van der Waals surface area (Å²) < 4.78 is 0. The Bertz CT molecular complexity index is 723. The van der Waals surface area contributed by atoms with Gasteiger partial charge in [0.05, 0.1) is 0 Å². The summed E-state index contributed by atoms with van der Waals surface area (Å²) in [5, 5.41) is 5.98. The number of hydrogen-bond donors (Lipinski definition) is 2. The van der Waals surface area contributed by atoms with Crippen LogP contribution in [0.5, 0.6) is 0 Å². The van der Waals surface area contributed by atoms with Gasteiger partial charge in [0.25, 0.3) is 0 Å². The van der Waals surface area contributed by atoms with Gasteiger partial charge in [-0.15, -0.1) is 0 Å². The van der Waals surface area contributed by atoms with Crippen molar-refractivity contribution in [3.63, 3.8) is 0 Å². The third-order valence-corrected chi connectivity index (χ3v) is 4.19. The standard InChI is InChI=1S/C16H17N3/c1-2-12(9-17-6-1)11-3-4-13-14-10-18-7-5-15(14)19-16(13)8-11/h3-5,7-8,10,12,17,19H,1-2,6,9H2. The van der Waals surface area contributed by atoms with Crippen LogP contribution < -0.4 is 5.32 Å². The van der Waals surface area contributed by atoms with E-state index in [1.807, 2.05) is 18.5 Å². The van der Waals surface area contributed by atoms with E-state index in [9.17, 15) is 0 Å². The van der Waals surface area contributed by atoms with Crippen LogP contribution in [-0.2, 0) is 0 Å². The van der Waals surface area contributed by atoms with E-state index >= 15 is 0 Å². The smallest absolute Gasteiger partial charge is 0.0495 e. The fourth-order valence-corrected chi connectivity index (χ4v) is 3.15. The highest BCUT2D eigenvalue weighted by atomic mass is 14.9. The van der Waals surface area contributed by atoms with Crippen LogP contribution in [0.25, 0.3) is 21.8 Å². The Kier molecular flexibility index (Phi) is 2.52. The van der Waals surface area contributed by atoms with Crippen LogP contribution in [-0.4, -0.2) is 23.1 Å². The number of pyridine rings is 1. The van der Waals surface area contributed by atoms with Crippen molar-refractivity contribution in [2.24, 2.45) is 0 Å². The molecule has 19 heavy (non-hydrogen) atoms. The number of nitrogens with zero attached hydrogens (tertiary/aromatic N) is 1. The fourth-order valence-electron chi connectivity index (χ4n) is 3.15. The molecule has 0 spiro atoms. The van der Waals surface area contributed by atoms with Crippen molar-refractivity contribution >= 4 is 21.8 Å². The average molecular weight is 251 g/mol. The fraction of sp³-hybridized carbons (Fsp3) is 0.312. The summed E-state index contributed by atoms with van der Waals surface area (Å²) in [6.45, 7) is 2.27. The Morgan fingerprint density at radius 3 is 3.00 bits per heavy atom. The first-order valence-electron chi connectivity index (χ1n) is 6.98. The van der Waals surface area contributed by atoms with E-state index in [2.05, 4.69) is 33.5 Å². The molecular formula is C16H17N3. The van der Waals surface area contributed by atoms with Gasteiger partial charge in [-0.05, 0) is 43.0 Å². The van der Waals surface area contributed by atoms with Crippen molar-refractivity contribution in [1.29, 1.82) is 0 Å². The summed E-state index contributed by atoms with van der Waals surface area (Å²) >= 11 is 0. The Hall–Kier alpha value is -1.87. The third kappa shape index (κ3) is 1.81. The van der Waals surface area contributed by atoms with Crippen molar-refractivity contribution in [3.05, 3.63) is 42.2 Å². The molecule has 0 bridgehead atoms. The molecule has 1 unspecified atom stereocenters. The molecule has 3 heteroatoms. The highest BCUT2D eigenvalue weighted by molar-refractivity contribution is 6.06. The van der Waals surface area contributed by atoms with Gasteiger partial charge < -0.3 is 10.3 Å². The zero-order valence-corrected chi connectivity index (χ0v) is 10.8. The number of hydrogen-bond acceptors (Lipinski definition) is 2. The summed E-state index contributed by atoms with van der Waals surface area (Å²) in [5.41, 5.74) is 3.84. The van der Waals surface area contributed by atoms with E-state index in [1.165, 1.54) is 40.2 Å². The highest BCUT2D eigenvalue weighted by Crippen LogP contribution is 2.29. The molecule has 2 aromatic heterocycles. The quantitative estimate of drug-likeness (QED) is 0.697. The summed E-state index contributed by atoms with van der Waals surface area (Å²) in [4.78, 5) is 7.71. The number of piperidine rings is 1. The molecule has 1 aromatic carbocycles. The number of H-pyrrole nitrogens is 1. The minimum absolute atomic E-state index is 0.655. The topological polar surface area (TPSA) is 40.7 Å². The minimum Gasteiger partial charge on any atom is -0.354 e. The Labute approximate surface area is 112 Å². The van der Waals surface area contributed by atoms with E-state index in [1.54, 1.807) is 0 Å². The van der Waals surface area contributed by atoms with Crippen LogP contribution in [0.1, 0.15) is 24.3 Å². The van der Waals surface area contributed by atoms with Gasteiger partial charge in [0, 0.05) is 40.7 Å². The molecule has 0 aliphatic carbocycles. The lowest BCUT2D eigenvalue weighted by atomic mass is 9.91. The molecule has 3 aromatic rings. The maximum Gasteiger partial charge on any atom is 0.0495 e. The van der Waals surface area contributed by atoms with Crippen LogP contribution in [0.3, 0.4) is 0 Å². The summed E-state index contributed by atoms with van der Waals surface area (Å²) in [6.07, 6.45) is 6.35. The lowest BCUT2D eigenvalue weighted by Crippen LogP contribution is -2.28. The van der Waals surface area contributed by atoms with Gasteiger partial charge >= 0.3 is 0 Å². The Morgan fingerprint density at radius 1 is 1.11 bits per heavy atom. The van der Waals surface area contributed by atoms with Crippen molar-refractivity contribution in [3.8, 4) is 0 Å². The predicted molar refractivity (Wildman–Crippen MR) is 78.4 cm³/mol. The van der Waals surface area contributed by atoms with Gasteiger partial charge in [-0.2, -0.15) is 0 Å². The van der Waals surface area contributed by atoms with Crippen LogP contribution in [0.15, 0.2) is 36.7 Å². The largest absolute Gasteiger partial charge is 0.354 e. The second-order valence-corrected chi connectivity index (χ2v) is 5.39. The van der Waals surface area contributed by atoms with Crippen molar-refractivity contribution in [1.82, 2.24) is 15.3 Å². The first kappa shape index (κ1) is 11.0. The number of nitrogens with one attached hydrogen (secondary N) is 2. The SMILES string of the molecule is c1cc2[nH]c3cc(C4CCCNC4)ccc3c2cn1. The zero-order valence-electron chi connectivity index (χ0n) is 10.8. The molecule has 2 N–H and O–H groups in total. The van der Waals surface area contributed by atoms with Gasteiger partial charge in [0.15, 0.2) is 0 Å². The molecule has 1 saturated heterocycles. The number of aromatic nitrogens is 2. The molecule has 0 saturated carbocycles. The molecule has 0 radical (unpaired) electrons. The minimum atomic E-state index is 0.655. The molecule has 1 fully saturated rings. The van der Waals surface area contributed by atoms with E-state index in [0.29, 0.717) is 5.92 Å². The second kappa shape index (κ2) is 4.35. The van der Waals surface area contributed by atoms with Crippen LogP contribution in [0.2, 0.25) is 0 Å². The highest BCUT2D eigenvalue weighted by Gasteiger charge is 2.16.